The largest absolute Gasteiger partial charge is 0.301 e. The topological polar surface area (TPSA) is 63.9 Å². The van der Waals surface area contributed by atoms with Gasteiger partial charge in [0.25, 0.3) is 5.91 Å². The average molecular weight is 326 g/mol. The van der Waals surface area contributed by atoms with Crippen molar-refractivity contribution in [2.45, 2.75) is 13.5 Å². The van der Waals surface area contributed by atoms with E-state index in [1.807, 2.05) is 31.3 Å². The lowest BCUT2D eigenvalue weighted by molar-refractivity contribution is 0.0991. The monoisotopic (exact) mass is 325 g/mol. The van der Waals surface area contributed by atoms with E-state index >= 15 is 0 Å². The fourth-order valence-electron chi connectivity index (χ4n) is 2.54. The molecule has 0 atom stereocenters. The van der Waals surface area contributed by atoms with Crippen LogP contribution in [0.4, 0.5) is 5.69 Å². The number of aromatic nitrogens is 4. The standard InChI is InChI=1S/C16H12ClN5O/c1-10-2-3-12(6-18-10)21-8-11-9-22(20-15(11)16(21)23)13-4-5-14(17)19-7-13/h2-7,9H,8H2,1H3. The first-order valence-corrected chi connectivity index (χ1v) is 7.44. The Kier molecular flexibility index (Phi) is 3.12. The van der Waals surface area contributed by atoms with E-state index in [0.717, 1.165) is 22.6 Å². The number of hydrogen-bond acceptors (Lipinski definition) is 4. The molecule has 0 unspecified atom stereocenters. The molecule has 23 heavy (non-hydrogen) atoms. The molecule has 0 aromatic carbocycles. The highest BCUT2D eigenvalue weighted by Crippen LogP contribution is 2.27. The molecule has 0 N–H and O–H groups in total. The number of rotatable bonds is 2. The van der Waals surface area contributed by atoms with Crippen molar-refractivity contribution in [3.05, 3.63) is 65.0 Å². The van der Waals surface area contributed by atoms with Crippen molar-refractivity contribution in [3.8, 4) is 5.69 Å². The number of anilines is 1. The van der Waals surface area contributed by atoms with Crippen molar-refractivity contribution < 1.29 is 4.79 Å². The van der Waals surface area contributed by atoms with Crippen LogP contribution in [0, 0.1) is 6.92 Å². The maximum absolute atomic E-state index is 12.6. The number of carbonyl (C=O) groups excluding carboxylic acids is 1. The van der Waals surface area contributed by atoms with E-state index in [9.17, 15) is 4.79 Å². The van der Waals surface area contributed by atoms with Crippen LogP contribution in [0.5, 0.6) is 0 Å². The summed E-state index contributed by atoms with van der Waals surface area (Å²) in [7, 11) is 0. The number of nitrogens with zero attached hydrogens (tertiary/aromatic N) is 5. The van der Waals surface area contributed by atoms with E-state index in [1.165, 1.54) is 0 Å². The maximum atomic E-state index is 12.6. The number of amides is 1. The molecule has 0 bridgehead atoms. The Morgan fingerprint density at radius 1 is 1.09 bits per heavy atom. The Hall–Kier alpha value is -2.73. The fourth-order valence-corrected chi connectivity index (χ4v) is 2.65. The van der Waals surface area contributed by atoms with Crippen LogP contribution in [0.2, 0.25) is 5.15 Å². The minimum absolute atomic E-state index is 0.119. The number of carbonyl (C=O) groups is 1. The van der Waals surface area contributed by atoms with Gasteiger partial charge in [-0.25, -0.2) is 9.67 Å². The van der Waals surface area contributed by atoms with Crippen molar-refractivity contribution in [2.75, 3.05) is 4.90 Å². The molecular formula is C16H12ClN5O. The first-order chi connectivity index (χ1) is 11.1. The third-order valence-corrected chi connectivity index (χ3v) is 3.97. The van der Waals surface area contributed by atoms with Crippen molar-refractivity contribution >= 4 is 23.2 Å². The van der Waals surface area contributed by atoms with E-state index in [2.05, 4.69) is 15.1 Å². The molecule has 4 rings (SSSR count). The van der Waals surface area contributed by atoms with Crippen molar-refractivity contribution in [1.29, 1.82) is 0 Å². The zero-order chi connectivity index (χ0) is 16.0. The lowest BCUT2D eigenvalue weighted by atomic mass is 10.3. The number of aryl methyl sites for hydroxylation is 1. The second kappa shape index (κ2) is 5.17. The van der Waals surface area contributed by atoms with Crippen molar-refractivity contribution in [1.82, 2.24) is 19.7 Å². The van der Waals surface area contributed by atoms with E-state index in [0.29, 0.717) is 17.4 Å². The zero-order valence-corrected chi connectivity index (χ0v) is 13.0. The van der Waals surface area contributed by atoms with Gasteiger partial charge in [0.05, 0.1) is 30.3 Å². The highest BCUT2D eigenvalue weighted by molar-refractivity contribution is 6.29. The molecule has 4 heterocycles. The summed E-state index contributed by atoms with van der Waals surface area (Å²) in [5, 5.41) is 4.81. The summed E-state index contributed by atoms with van der Waals surface area (Å²) in [5.74, 6) is -0.119. The van der Waals surface area contributed by atoms with Gasteiger partial charge in [0.1, 0.15) is 5.15 Å². The summed E-state index contributed by atoms with van der Waals surface area (Å²) in [6, 6.07) is 7.28. The molecule has 1 aliphatic heterocycles. The summed E-state index contributed by atoms with van der Waals surface area (Å²) in [6.07, 6.45) is 5.17. The molecule has 0 aliphatic carbocycles. The molecule has 0 saturated carbocycles. The number of hydrogen-bond donors (Lipinski definition) is 0. The van der Waals surface area contributed by atoms with E-state index < -0.39 is 0 Å². The fraction of sp³-hybridized carbons (Fsp3) is 0.125. The smallest absolute Gasteiger partial charge is 0.279 e. The molecule has 1 amide bonds. The summed E-state index contributed by atoms with van der Waals surface area (Å²) >= 11 is 5.79. The van der Waals surface area contributed by atoms with Crippen LogP contribution in [-0.2, 0) is 6.54 Å². The lowest BCUT2D eigenvalue weighted by Gasteiger charge is -2.15. The molecule has 6 nitrogen and oxygen atoms in total. The minimum Gasteiger partial charge on any atom is -0.301 e. The quantitative estimate of drug-likeness (QED) is 0.680. The summed E-state index contributed by atoms with van der Waals surface area (Å²) in [5.41, 5.74) is 3.79. The van der Waals surface area contributed by atoms with Gasteiger partial charge in [-0.3, -0.25) is 9.78 Å². The summed E-state index contributed by atoms with van der Waals surface area (Å²) in [6.45, 7) is 2.40. The van der Waals surface area contributed by atoms with Crippen molar-refractivity contribution in [2.24, 2.45) is 0 Å². The Balaban J connectivity index is 1.65. The van der Waals surface area contributed by atoms with Crippen molar-refractivity contribution in [3.63, 3.8) is 0 Å². The zero-order valence-electron chi connectivity index (χ0n) is 12.3. The Morgan fingerprint density at radius 2 is 1.87 bits per heavy atom. The predicted molar refractivity (Wildman–Crippen MR) is 85.9 cm³/mol. The molecule has 0 spiro atoms. The minimum atomic E-state index is -0.119. The van der Waals surface area contributed by atoms with Gasteiger partial charge in [-0.05, 0) is 31.2 Å². The average Bonchev–Trinajstić information content (AvgIpc) is 3.09. The Bertz CT molecular complexity index is 886. The molecule has 3 aromatic heterocycles. The number of pyridine rings is 2. The summed E-state index contributed by atoms with van der Waals surface area (Å²) in [4.78, 5) is 22.5. The van der Waals surface area contributed by atoms with Crippen LogP contribution in [0.1, 0.15) is 21.7 Å². The van der Waals surface area contributed by atoms with Gasteiger partial charge in [0.15, 0.2) is 5.69 Å². The van der Waals surface area contributed by atoms with Gasteiger partial charge in [-0.1, -0.05) is 11.6 Å². The molecule has 0 fully saturated rings. The molecular weight excluding hydrogens is 314 g/mol. The number of halogens is 1. The van der Waals surface area contributed by atoms with Gasteiger partial charge in [-0.2, -0.15) is 5.10 Å². The molecule has 0 radical (unpaired) electrons. The van der Waals surface area contributed by atoms with Crippen LogP contribution in [0.25, 0.3) is 5.69 Å². The second-order valence-electron chi connectivity index (χ2n) is 5.34. The Morgan fingerprint density at radius 3 is 2.52 bits per heavy atom. The third kappa shape index (κ3) is 2.37. The predicted octanol–water partition coefficient (Wildman–Crippen LogP) is 2.78. The third-order valence-electron chi connectivity index (χ3n) is 3.75. The molecule has 7 heteroatoms. The van der Waals surface area contributed by atoms with Gasteiger partial charge < -0.3 is 4.90 Å². The van der Waals surface area contributed by atoms with Gasteiger partial charge in [0, 0.05) is 17.5 Å². The van der Waals surface area contributed by atoms with Gasteiger partial charge >= 0.3 is 0 Å². The highest BCUT2D eigenvalue weighted by Gasteiger charge is 2.32. The summed E-state index contributed by atoms with van der Waals surface area (Å²) < 4.78 is 1.65. The molecule has 3 aromatic rings. The molecule has 114 valence electrons. The molecule has 0 saturated heterocycles. The SMILES string of the molecule is Cc1ccc(N2Cc3cn(-c4ccc(Cl)nc4)nc3C2=O)cn1. The van der Waals surface area contributed by atoms with Crippen LogP contribution in [-0.4, -0.2) is 25.7 Å². The lowest BCUT2D eigenvalue weighted by Crippen LogP contribution is -2.24. The van der Waals surface area contributed by atoms with Crippen LogP contribution in [0.3, 0.4) is 0 Å². The number of fused-ring (bicyclic) bond motifs is 1. The van der Waals surface area contributed by atoms with E-state index in [4.69, 9.17) is 11.6 Å². The van der Waals surface area contributed by atoms with Crippen LogP contribution >= 0.6 is 11.6 Å². The maximum Gasteiger partial charge on any atom is 0.279 e. The van der Waals surface area contributed by atoms with Gasteiger partial charge in [-0.15, -0.1) is 0 Å². The second-order valence-corrected chi connectivity index (χ2v) is 5.72. The van der Waals surface area contributed by atoms with E-state index in [1.54, 1.807) is 28.0 Å². The first kappa shape index (κ1) is 13.9. The normalized spacial score (nSPS) is 13.5. The van der Waals surface area contributed by atoms with Gasteiger partial charge in [0.2, 0.25) is 0 Å². The molecule has 1 aliphatic rings. The van der Waals surface area contributed by atoms with E-state index in [-0.39, 0.29) is 5.91 Å². The first-order valence-electron chi connectivity index (χ1n) is 7.07. The van der Waals surface area contributed by atoms with Crippen LogP contribution < -0.4 is 4.90 Å². The van der Waals surface area contributed by atoms with Crippen LogP contribution in [0.15, 0.2) is 42.9 Å². The Labute approximate surface area is 137 Å². The highest BCUT2D eigenvalue weighted by atomic mass is 35.5.